The van der Waals surface area contributed by atoms with Crippen molar-refractivity contribution in [2.45, 2.75) is 6.10 Å². The lowest BCUT2D eigenvalue weighted by Crippen LogP contribution is -2.29. The summed E-state index contributed by atoms with van der Waals surface area (Å²) in [5, 5.41) is 6.76. The third-order valence-electron chi connectivity index (χ3n) is 3.19. The van der Waals surface area contributed by atoms with Gasteiger partial charge in [0.2, 0.25) is 5.88 Å². The van der Waals surface area contributed by atoms with E-state index in [1.54, 1.807) is 25.4 Å². The fourth-order valence-corrected chi connectivity index (χ4v) is 2.10. The molecule has 0 aliphatic rings. The maximum atomic E-state index is 13.3. The molecule has 1 N–H and O–H groups in total. The zero-order valence-electron chi connectivity index (χ0n) is 12.7. The molecular weight excluding hydrogens is 289 g/mol. The molecule has 0 aliphatic carbocycles. The van der Waals surface area contributed by atoms with Crippen molar-refractivity contribution < 1.29 is 18.7 Å². The van der Waals surface area contributed by atoms with E-state index in [4.69, 9.17) is 9.47 Å². The highest BCUT2D eigenvalue weighted by molar-refractivity contribution is 5.96. The Morgan fingerprint density at radius 3 is 2.86 bits per heavy atom. The van der Waals surface area contributed by atoms with Crippen molar-refractivity contribution in [3.8, 4) is 5.88 Å². The molecule has 7 heteroatoms. The molecule has 2 aromatic rings. The van der Waals surface area contributed by atoms with Crippen LogP contribution in [0, 0.1) is 5.82 Å². The van der Waals surface area contributed by atoms with Gasteiger partial charge in [0, 0.05) is 26.9 Å². The molecular formula is C15H18FN3O3. The van der Waals surface area contributed by atoms with E-state index in [-0.39, 0.29) is 24.1 Å². The quantitative estimate of drug-likeness (QED) is 0.882. The van der Waals surface area contributed by atoms with Gasteiger partial charge in [-0.3, -0.25) is 9.48 Å². The highest BCUT2D eigenvalue weighted by atomic mass is 19.1. The van der Waals surface area contributed by atoms with Crippen LogP contribution >= 0.6 is 0 Å². The lowest BCUT2D eigenvalue weighted by Gasteiger charge is -2.16. The molecule has 0 saturated heterocycles. The minimum absolute atomic E-state index is 0.205. The lowest BCUT2D eigenvalue weighted by atomic mass is 10.1. The van der Waals surface area contributed by atoms with Gasteiger partial charge in [-0.25, -0.2) is 4.39 Å². The Morgan fingerprint density at radius 2 is 2.23 bits per heavy atom. The summed E-state index contributed by atoms with van der Waals surface area (Å²) in [5.41, 5.74) is 0.986. The summed E-state index contributed by atoms with van der Waals surface area (Å²) in [6, 6.07) is 6.08. The SMILES string of the molecule is COc1nn(C)cc1C(=O)NC[C@@H](OC)c1cccc(F)c1. The number of hydrogen-bond acceptors (Lipinski definition) is 4. The van der Waals surface area contributed by atoms with Crippen molar-refractivity contribution in [2.24, 2.45) is 7.05 Å². The van der Waals surface area contributed by atoms with Crippen molar-refractivity contribution in [1.29, 1.82) is 0 Å². The molecule has 0 aliphatic heterocycles. The molecule has 0 unspecified atom stereocenters. The van der Waals surface area contributed by atoms with Crippen LogP contribution in [0.3, 0.4) is 0 Å². The highest BCUT2D eigenvalue weighted by Crippen LogP contribution is 2.18. The topological polar surface area (TPSA) is 65.4 Å². The summed E-state index contributed by atoms with van der Waals surface area (Å²) in [6.07, 6.45) is 1.13. The minimum atomic E-state index is -0.442. The van der Waals surface area contributed by atoms with E-state index >= 15 is 0 Å². The van der Waals surface area contributed by atoms with E-state index in [9.17, 15) is 9.18 Å². The maximum absolute atomic E-state index is 13.3. The fraction of sp³-hybridized carbons (Fsp3) is 0.333. The van der Waals surface area contributed by atoms with Crippen LogP contribution in [0.2, 0.25) is 0 Å². The van der Waals surface area contributed by atoms with Gasteiger partial charge in [0.05, 0.1) is 13.2 Å². The first-order chi connectivity index (χ1) is 10.5. The second-order valence-electron chi connectivity index (χ2n) is 4.72. The van der Waals surface area contributed by atoms with Crippen LogP contribution in [0.1, 0.15) is 22.0 Å². The monoisotopic (exact) mass is 307 g/mol. The number of amides is 1. The summed E-state index contributed by atoms with van der Waals surface area (Å²) >= 11 is 0. The van der Waals surface area contributed by atoms with E-state index in [0.29, 0.717) is 11.1 Å². The molecule has 0 spiro atoms. The Labute approximate surface area is 127 Å². The predicted molar refractivity (Wildman–Crippen MR) is 78.2 cm³/mol. The van der Waals surface area contributed by atoms with Gasteiger partial charge in [0.15, 0.2) is 0 Å². The molecule has 0 bridgehead atoms. The van der Waals surface area contributed by atoms with Gasteiger partial charge in [-0.1, -0.05) is 12.1 Å². The third-order valence-corrected chi connectivity index (χ3v) is 3.19. The summed E-state index contributed by atoms with van der Waals surface area (Å²) in [4.78, 5) is 12.2. The number of rotatable bonds is 6. The van der Waals surface area contributed by atoms with Crippen LogP contribution in [0.15, 0.2) is 30.5 Å². The predicted octanol–water partition coefficient (Wildman–Crippen LogP) is 1.69. The lowest BCUT2D eigenvalue weighted by molar-refractivity contribution is 0.0825. The molecule has 1 atom stereocenters. The van der Waals surface area contributed by atoms with Gasteiger partial charge in [-0.2, -0.15) is 0 Å². The third kappa shape index (κ3) is 3.62. The Hall–Kier alpha value is -2.41. The van der Waals surface area contributed by atoms with E-state index in [1.165, 1.54) is 31.0 Å². The zero-order valence-corrected chi connectivity index (χ0v) is 12.7. The van der Waals surface area contributed by atoms with Gasteiger partial charge < -0.3 is 14.8 Å². The summed E-state index contributed by atoms with van der Waals surface area (Å²) in [7, 11) is 4.65. The van der Waals surface area contributed by atoms with Gasteiger partial charge in [-0.15, -0.1) is 5.10 Å². The first-order valence-corrected chi connectivity index (χ1v) is 6.69. The first-order valence-electron chi connectivity index (χ1n) is 6.69. The van der Waals surface area contributed by atoms with Crippen LogP contribution < -0.4 is 10.1 Å². The number of hydrogen-bond donors (Lipinski definition) is 1. The smallest absolute Gasteiger partial charge is 0.258 e. The molecule has 1 aromatic heterocycles. The number of nitrogens with zero attached hydrogens (tertiary/aromatic N) is 2. The zero-order chi connectivity index (χ0) is 16.1. The number of ether oxygens (including phenoxy) is 2. The highest BCUT2D eigenvalue weighted by Gasteiger charge is 2.18. The van der Waals surface area contributed by atoms with E-state index in [2.05, 4.69) is 10.4 Å². The Balaban J connectivity index is 2.05. The minimum Gasteiger partial charge on any atom is -0.479 e. The number of halogens is 1. The number of aryl methyl sites for hydroxylation is 1. The number of methoxy groups -OCH3 is 2. The van der Waals surface area contributed by atoms with Crippen LogP contribution in [-0.4, -0.2) is 36.5 Å². The Morgan fingerprint density at radius 1 is 1.45 bits per heavy atom. The average molecular weight is 307 g/mol. The standard InChI is InChI=1S/C15H18FN3O3/c1-19-9-12(15(18-19)22-3)14(20)17-8-13(21-2)10-5-4-6-11(16)7-10/h4-7,9,13H,8H2,1-3H3,(H,17,20)/t13-/m1/s1. The normalized spacial score (nSPS) is 12.0. The number of aromatic nitrogens is 2. The van der Waals surface area contributed by atoms with Crippen molar-refractivity contribution in [1.82, 2.24) is 15.1 Å². The van der Waals surface area contributed by atoms with E-state index < -0.39 is 6.10 Å². The molecule has 0 saturated carbocycles. The summed E-state index contributed by atoms with van der Waals surface area (Å²) in [6.45, 7) is 0.205. The number of carbonyl (C=O) groups excluding carboxylic acids is 1. The van der Waals surface area contributed by atoms with Crippen molar-refractivity contribution in [2.75, 3.05) is 20.8 Å². The molecule has 0 fully saturated rings. The molecule has 22 heavy (non-hydrogen) atoms. The summed E-state index contributed by atoms with van der Waals surface area (Å²) in [5.74, 6) is -0.428. The van der Waals surface area contributed by atoms with Crippen molar-refractivity contribution >= 4 is 5.91 Å². The van der Waals surface area contributed by atoms with Gasteiger partial charge >= 0.3 is 0 Å². The molecule has 0 radical (unpaired) electrons. The van der Waals surface area contributed by atoms with Gasteiger partial charge in [-0.05, 0) is 17.7 Å². The van der Waals surface area contributed by atoms with Crippen molar-refractivity contribution in [3.05, 3.63) is 47.4 Å². The molecule has 6 nitrogen and oxygen atoms in total. The van der Waals surface area contributed by atoms with Crippen LogP contribution in [0.5, 0.6) is 5.88 Å². The van der Waals surface area contributed by atoms with Crippen LogP contribution in [0.4, 0.5) is 4.39 Å². The van der Waals surface area contributed by atoms with Crippen LogP contribution in [0.25, 0.3) is 0 Å². The largest absolute Gasteiger partial charge is 0.479 e. The van der Waals surface area contributed by atoms with Gasteiger partial charge in [0.25, 0.3) is 5.91 Å². The second kappa shape index (κ2) is 7.04. The molecule has 1 aromatic carbocycles. The molecule has 2 rings (SSSR count). The number of nitrogens with one attached hydrogen (secondary N) is 1. The second-order valence-corrected chi connectivity index (χ2v) is 4.72. The summed E-state index contributed by atoms with van der Waals surface area (Å²) < 4.78 is 25.1. The number of carbonyl (C=O) groups is 1. The van der Waals surface area contributed by atoms with Crippen LogP contribution in [-0.2, 0) is 11.8 Å². The number of benzene rings is 1. The Kier molecular flexibility index (Phi) is 5.11. The first kappa shape index (κ1) is 16.0. The Bertz CT molecular complexity index is 657. The van der Waals surface area contributed by atoms with E-state index in [0.717, 1.165) is 0 Å². The molecule has 1 heterocycles. The molecule has 118 valence electrons. The average Bonchev–Trinajstić information content (AvgIpc) is 2.89. The molecule has 1 amide bonds. The van der Waals surface area contributed by atoms with Crippen molar-refractivity contribution in [3.63, 3.8) is 0 Å². The van der Waals surface area contributed by atoms with Gasteiger partial charge in [0.1, 0.15) is 11.4 Å². The fourth-order valence-electron chi connectivity index (χ4n) is 2.10. The maximum Gasteiger partial charge on any atom is 0.258 e. The van der Waals surface area contributed by atoms with E-state index in [1.807, 2.05) is 0 Å².